The normalized spacial score (nSPS) is 22.8. The van der Waals surface area contributed by atoms with Crippen LogP contribution >= 0.6 is 0 Å². The number of nitrogens with one attached hydrogen (secondary N) is 1. The van der Waals surface area contributed by atoms with E-state index in [1.165, 1.54) is 0 Å². The molecule has 1 heterocycles. The molecule has 118 valence electrons. The zero-order chi connectivity index (χ0) is 15.4. The van der Waals surface area contributed by atoms with Crippen LogP contribution in [0.25, 0.3) is 0 Å². The smallest absolute Gasteiger partial charge is 0.161 e. The van der Waals surface area contributed by atoms with Gasteiger partial charge in [0.25, 0.3) is 0 Å². The molecule has 1 aliphatic rings. The summed E-state index contributed by atoms with van der Waals surface area (Å²) in [4.78, 5) is 0. The van der Waals surface area contributed by atoms with E-state index in [1.807, 2.05) is 0 Å². The minimum Gasteiger partial charge on any atom is -0.373 e. The first-order valence-electron chi connectivity index (χ1n) is 7.45. The molecular weight excluding hydrogens is 279 g/mol. The Kier molecular flexibility index (Phi) is 5.65. The van der Waals surface area contributed by atoms with E-state index in [2.05, 4.69) is 19.2 Å². The van der Waals surface area contributed by atoms with Crippen LogP contribution in [0.15, 0.2) is 12.1 Å². The van der Waals surface area contributed by atoms with Gasteiger partial charge in [-0.05, 0) is 31.4 Å². The Balaban J connectivity index is 2.12. The van der Waals surface area contributed by atoms with Crippen LogP contribution in [0.3, 0.4) is 0 Å². The van der Waals surface area contributed by atoms with Gasteiger partial charge in [-0.2, -0.15) is 0 Å². The highest BCUT2D eigenvalue weighted by Gasteiger charge is 2.30. The first kappa shape index (κ1) is 16.3. The molecule has 1 aromatic carbocycles. The van der Waals surface area contributed by atoms with Crippen molar-refractivity contribution in [2.24, 2.45) is 11.8 Å². The summed E-state index contributed by atoms with van der Waals surface area (Å²) in [6.45, 7) is 6.28. The molecule has 1 N–H and O–H groups in total. The van der Waals surface area contributed by atoms with Crippen LogP contribution in [0.1, 0.15) is 38.4 Å². The van der Waals surface area contributed by atoms with E-state index in [0.717, 1.165) is 25.5 Å². The number of rotatable bonds is 5. The third kappa shape index (κ3) is 4.20. The monoisotopic (exact) mass is 301 g/mol. The third-order valence-corrected chi connectivity index (χ3v) is 3.75. The first-order chi connectivity index (χ1) is 9.99. The largest absolute Gasteiger partial charge is 0.373 e. The number of hydrogen-bond acceptors (Lipinski definition) is 2. The van der Waals surface area contributed by atoms with E-state index in [1.54, 1.807) is 0 Å². The minimum atomic E-state index is -1.17. The average Bonchev–Trinajstić information content (AvgIpc) is 2.43. The fourth-order valence-corrected chi connectivity index (χ4v) is 2.71. The highest BCUT2D eigenvalue weighted by molar-refractivity contribution is 5.23. The molecule has 1 aromatic rings. The number of halogens is 3. The SMILES string of the molecule is CC(C)CNCC1CCCOC1c1cc(F)c(F)cc1F. The van der Waals surface area contributed by atoms with E-state index >= 15 is 0 Å². The molecular formula is C16H22F3NO. The molecule has 0 aromatic heterocycles. The number of benzene rings is 1. The molecule has 1 aliphatic heterocycles. The van der Waals surface area contributed by atoms with Crippen molar-refractivity contribution in [1.82, 2.24) is 5.32 Å². The van der Waals surface area contributed by atoms with E-state index in [0.29, 0.717) is 25.1 Å². The summed E-state index contributed by atoms with van der Waals surface area (Å²) in [5.74, 6) is -2.35. The second kappa shape index (κ2) is 7.27. The maximum Gasteiger partial charge on any atom is 0.161 e. The summed E-state index contributed by atoms with van der Waals surface area (Å²) in [5, 5.41) is 3.33. The zero-order valence-corrected chi connectivity index (χ0v) is 12.5. The molecule has 5 heteroatoms. The van der Waals surface area contributed by atoms with E-state index in [4.69, 9.17) is 4.74 Å². The van der Waals surface area contributed by atoms with Gasteiger partial charge < -0.3 is 10.1 Å². The Morgan fingerprint density at radius 1 is 1.19 bits per heavy atom. The molecule has 2 atom stereocenters. The molecule has 21 heavy (non-hydrogen) atoms. The van der Waals surface area contributed by atoms with E-state index in [9.17, 15) is 13.2 Å². The third-order valence-electron chi connectivity index (χ3n) is 3.75. The van der Waals surface area contributed by atoms with E-state index in [-0.39, 0.29) is 11.5 Å². The topological polar surface area (TPSA) is 21.3 Å². The van der Waals surface area contributed by atoms with Crippen molar-refractivity contribution in [3.05, 3.63) is 35.1 Å². The van der Waals surface area contributed by atoms with Crippen molar-refractivity contribution in [3.63, 3.8) is 0 Å². The molecule has 0 aliphatic carbocycles. The lowest BCUT2D eigenvalue weighted by atomic mass is 9.89. The molecule has 0 radical (unpaired) electrons. The Morgan fingerprint density at radius 3 is 2.62 bits per heavy atom. The highest BCUT2D eigenvalue weighted by atomic mass is 19.2. The fourth-order valence-electron chi connectivity index (χ4n) is 2.71. The van der Waals surface area contributed by atoms with Crippen LogP contribution in [0.5, 0.6) is 0 Å². The maximum absolute atomic E-state index is 13.9. The fraction of sp³-hybridized carbons (Fsp3) is 0.625. The molecule has 1 saturated heterocycles. The number of ether oxygens (including phenoxy) is 1. The molecule has 0 spiro atoms. The summed E-state index contributed by atoms with van der Waals surface area (Å²) in [6, 6.07) is 1.53. The number of hydrogen-bond donors (Lipinski definition) is 1. The lowest BCUT2D eigenvalue weighted by molar-refractivity contribution is -0.0300. The van der Waals surface area contributed by atoms with Gasteiger partial charge in [-0.25, -0.2) is 13.2 Å². The van der Waals surface area contributed by atoms with Gasteiger partial charge in [0.1, 0.15) is 5.82 Å². The van der Waals surface area contributed by atoms with Gasteiger partial charge in [-0.15, -0.1) is 0 Å². The summed E-state index contributed by atoms with van der Waals surface area (Å²) in [6.07, 6.45) is 1.26. The first-order valence-corrected chi connectivity index (χ1v) is 7.45. The summed E-state index contributed by atoms with van der Waals surface area (Å²) < 4.78 is 46.0. The summed E-state index contributed by atoms with van der Waals surface area (Å²) in [7, 11) is 0. The second-order valence-electron chi connectivity index (χ2n) is 6.03. The van der Waals surface area contributed by atoms with Crippen molar-refractivity contribution in [2.75, 3.05) is 19.7 Å². The van der Waals surface area contributed by atoms with Gasteiger partial charge in [-0.3, -0.25) is 0 Å². The lowest BCUT2D eigenvalue weighted by Gasteiger charge is -2.32. The van der Waals surface area contributed by atoms with Gasteiger partial charge in [0, 0.05) is 30.7 Å². The predicted octanol–water partition coefficient (Wildman–Crippen LogP) is 3.82. The summed E-state index contributed by atoms with van der Waals surface area (Å²) in [5.41, 5.74) is 0.116. The molecule has 0 amide bonds. The summed E-state index contributed by atoms with van der Waals surface area (Å²) >= 11 is 0. The van der Waals surface area contributed by atoms with Crippen LogP contribution in [-0.4, -0.2) is 19.7 Å². The standard InChI is InChI=1S/C16H22F3NO/c1-10(2)8-20-9-11-4-3-5-21-16(11)12-6-14(18)15(19)7-13(12)17/h6-7,10-11,16,20H,3-5,8-9H2,1-2H3. The Morgan fingerprint density at radius 2 is 1.90 bits per heavy atom. The maximum atomic E-state index is 13.9. The molecule has 0 bridgehead atoms. The quantitative estimate of drug-likeness (QED) is 0.835. The van der Waals surface area contributed by atoms with Gasteiger partial charge >= 0.3 is 0 Å². The Labute approximate surface area is 123 Å². The van der Waals surface area contributed by atoms with Crippen molar-refractivity contribution >= 4 is 0 Å². The average molecular weight is 301 g/mol. The van der Waals surface area contributed by atoms with Gasteiger partial charge in [0.15, 0.2) is 11.6 Å². The van der Waals surface area contributed by atoms with Crippen LogP contribution in [0.2, 0.25) is 0 Å². The zero-order valence-electron chi connectivity index (χ0n) is 12.5. The van der Waals surface area contributed by atoms with Crippen LogP contribution in [-0.2, 0) is 4.74 Å². The van der Waals surface area contributed by atoms with Gasteiger partial charge in [0.2, 0.25) is 0 Å². The molecule has 0 saturated carbocycles. The molecule has 2 unspecified atom stereocenters. The Hall–Kier alpha value is -1.07. The minimum absolute atomic E-state index is 0.0665. The van der Waals surface area contributed by atoms with Crippen LogP contribution in [0.4, 0.5) is 13.2 Å². The second-order valence-corrected chi connectivity index (χ2v) is 6.03. The van der Waals surface area contributed by atoms with E-state index < -0.39 is 23.6 Å². The van der Waals surface area contributed by atoms with Crippen molar-refractivity contribution in [1.29, 1.82) is 0 Å². The van der Waals surface area contributed by atoms with Crippen molar-refractivity contribution in [2.45, 2.75) is 32.8 Å². The molecule has 2 rings (SSSR count). The Bertz CT molecular complexity index is 479. The van der Waals surface area contributed by atoms with Gasteiger partial charge in [0.05, 0.1) is 6.10 Å². The van der Waals surface area contributed by atoms with Crippen molar-refractivity contribution < 1.29 is 17.9 Å². The molecule has 2 nitrogen and oxygen atoms in total. The van der Waals surface area contributed by atoms with Crippen molar-refractivity contribution in [3.8, 4) is 0 Å². The lowest BCUT2D eigenvalue weighted by Crippen LogP contribution is -2.34. The van der Waals surface area contributed by atoms with Crippen LogP contribution in [0, 0.1) is 29.3 Å². The van der Waals surface area contributed by atoms with Gasteiger partial charge in [-0.1, -0.05) is 13.8 Å². The molecule has 1 fully saturated rings. The highest BCUT2D eigenvalue weighted by Crippen LogP contribution is 2.35. The predicted molar refractivity (Wildman–Crippen MR) is 75.4 cm³/mol. The van der Waals surface area contributed by atoms with Crippen LogP contribution < -0.4 is 5.32 Å².